The molecule has 2 saturated heterocycles. The van der Waals surface area contributed by atoms with Crippen molar-refractivity contribution in [3.63, 3.8) is 0 Å². The van der Waals surface area contributed by atoms with Gasteiger partial charge in [0.25, 0.3) is 5.91 Å². The molecular formula is C28H32F3NO4. The number of carbonyl (C=O) groups excluding carboxylic acids is 1. The van der Waals surface area contributed by atoms with Crippen LogP contribution in [0.15, 0.2) is 30.3 Å². The van der Waals surface area contributed by atoms with Gasteiger partial charge in [-0.1, -0.05) is 19.1 Å². The first kappa shape index (κ1) is 24.9. The summed E-state index contributed by atoms with van der Waals surface area (Å²) < 4.78 is 49.0. The number of carboxylic acids is 1. The van der Waals surface area contributed by atoms with E-state index in [4.69, 9.17) is 4.74 Å². The number of rotatable bonds is 4. The van der Waals surface area contributed by atoms with E-state index >= 15 is 0 Å². The number of fused-ring (bicyclic) bond motifs is 3. The molecule has 2 unspecified atom stereocenters. The molecule has 3 aliphatic rings. The van der Waals surface area contributed by atoms with Crippen molar-refractivity contribution < 1.29 is 32.6 Å². The molecule has 8 heteroatoms. The summed E-state index contributed by atoms with van der Waals surface area (Å²) in [6.07, 6.45) is 1.54. The average Bonchev–Trinajstić information content (AvgIpc) is 2.82. The Balaban J connectivity index is 1.49. The number of carboxylic acid groups (broad SMARTS) is 1. The highest BCUT2D eigenvalue weighted by Crippen LogP contribution is 2.44. The van der Waals surface area contributed by atoms with Gasteiger partial charge in [-0.3, -0.25) is 9.59 Å². The second-order valence-corrected chi connectivity index (χ2v) is 10.8. The number of aliphatic carboxylic acids is 1. The quantitative estimate of drug-likeness (QED) is 0.506. The second-order valence-electron chi connectivity index (χ2n) is 10.8. The Kier molecular flexibility index (Phi) is 6.64. The minimum absolute atomic E-state index is 0.0411. The molecular weight excluding hydrogens is 471 g/mol. The van der Waals surface area contributed by atoms with E-state index in [1.54, 1.807) is 23.1 Å². The molecule has 3 fully saturated rings. The Bertz CT molecular complexity index is 1140. The van der Waals surface area contributed by atoms with Crippen molar-refractivity contribution in [3.05, 3.63) is 41.5 Å². The first-order chi connectivity index (χ1) is 17.1. The van der Waals surface area contributed by atoms with Crippen molar-refractivity contribution in [2.45, 2.75) is 89.1 Å². The van der Waals surface area contributed by atoms with E-state index in [0.29, 0.717) is 37.0 Å². The Morgan fingerprint density at radius 2 is 1.61 bits per heavy atom. The van der Waals surface area contributed by atoms with E-state index in [0.717, 1.165) is 32.1 Å². The second kappa shape index (κ2) is 9.60. The predicted octanol–water partition coefficient (Wildman–Crippen LogP) is 6.67. The highest BCUT2D eigenvalue weighted by molar-refractivity contribution is 6.00. The van der Waals surface area contributed by atoms with Gasteiger partial charge in [-0.2, -0.15) is 13.2 Å². The standard InChI is InChI=1S/C28H32F3NO4/c1-16-5-10-22(11-6-16)36-24-12-9-17-7-8-18(15-23(17)25(24)28(29,30)31)26(33)32-20-3-2-4-21(32)14-19(13-20)27(34)35/h7-9,12,15-16,19-22H,2-6,10-11,13-14H2,1H3,(H,34,35)/t16-,19?,20?,21?,22+. The average molecular weight is 504 g/mol. The molecule has 2 atom stereocenters. The molecule has 1 amide bonds. The molecule has 36 heavy (non-hydrogen) atoms. The number of hydrogen-bond donors (Lipinski definition) is 1. The monoisotopic (exact) mass is 503 g/mol. The largest absolute Gasteiger partial charge is 0.490 e. The topological polar surface area (TPSA) is 66.8 Å². The summed E-state index contributed by atoms with van der Waals surface area (Å²) >= 11 is 0. The lowest BCUT2D eigenvalue weighted by atomic mass is 9.78. The molecule has 194 valence electrons. The minimum atomic E-state index is -4.64. The highest BCUT2D eigenvalue weighted by Gasteiger charge is 2.43. The predicted molar refractivity (Wildman–Crippen MR) is 129 cm³/mol. The van der Waals surface area contributed by atoms with Crippen LogP contribution >= 0.6 is 0 Å². The lowest BCUT2D eigenvalue weighted by Crippen LogP contribution is -2.55. The molecule has 2 aromatic carbocycles. The molecule has 2 bridgehead atoms. The van der Waals surface area contributed by atoms with Crippen molar-refractivity contribution in [1.29, 1.82) is 0 Å². The third-order valence-corrected chi connectivity index (χ3v) is 8.33. The zero-order valence-corrected chi connectivity index (χ0v) is 20.4. The first-order valence-electron chi connectivity index (χ1n) is 13.0. The summed E-state index contributed by atoms with van der Waals surface area (Å²) in [6, 6.07) is 7.09. The summed E-state index contributed by atoms with van der Waals surface area (Å²) in [6.45, 7) is 2.14. The van der Waals surface area contributed by atoms with Crippen LogP contribution in [-0.2, 0) is 11.0 Å². The molecule has 2 aliphatic heterocycles. The number of ether oxygens (including phenoxy) is 1. The normalized spacial score (nSPS) is 28.7. The SMILES string of the molecule is C[C@H]1CC[C@@H](Oc2ccc3ccc(C(=O)N4C5CCCC4CC(C(=O)O)C5)cc3c2C(F)(F)F)CC1. The number of carbonyl (C=O) groups is 2. The maximum Gasteiger partial charge on any atom is 0.420 e. The van der Waals surface area contributed by atoms with E-state index in [9.17, 15) is 27.9 Å². The maximum atomic E-state index is 14.4. The fourth-order valence-electron chi connectivity index (χ4n) is 6.41. The van der Waals surface area contributed by atoms with Crippen LogP contribution in [0, 0.1) is 11.8 Å². The third-order valence-electron chi connectivity index (χ3n) is 8.33. The first-order valence-corrected chi connectivity index (χ1v) is 13.0. The number of benzene rings is 2. The van der Waals surface area contributed by atoms with Gasteiger partial charge in [-0.15, -0.1) is 0 Å². The van der Waals surface area contributed by atoms with Gasteiger partial charge in [0.1, 0.15) is 11.3 Å². The van der Waals surface area contributed by atoms with Crippen LogP contribution in [0.25, 0.3) is 10.8 Å². The Labute approximate surface area is 208 Å². The Hall–Kier alpha value is -2.77. The fraction of sp³-hybridized carbons (Fsp3) is 0.571. The zero-order chi connectivity index (χ0) is 25.6. The molecule has 5 nitrogen and oxygen atoms in total. The van der Waals surface area contributed by atoms with Crippen LogP contribution < -0.4 is 4.74 Å². The van der Waals surface area contributed by atoms with E-state index in [1.807, 2.05) is 0 Å². The Morgan fingerprint density at radius 3 is 2.22 bits per heavy atom. The number of nitrogens with zero attached hydrogens (tertiary/aromatic N) is 1. The molecule has 0 spiro atoms. The summed E-state index contributed by atoms with van der Waals surface area (Å²) in [5.74, 6) is -1.29. The van der Waals surface area contributed by atoms with Crippen LogP contribution in [0.3, 0.4) is 0 Å². The summed E-state index contributed by atoms with van der Waals surface area (Å²) in [5.41, 5.74) is -0.639. The summed E-state index contributed by atoms with van der Waals surface area (Å²) in [4.78, 5) is 26.9. The van der Waals surface area contributed by atoms with Gasteiger partial charge in [0.15, 0.2) is 0 Å². The molecule has 5 rings (SSSR count). The van der Waals surface area contributed by atoms with Crippen molar-refractivity contribution in [1.82, 2.24) is 4.90 Å². The third kappa shape index (κ3) is 4.78. The molecule has 2 heterocycles. The van der Waals surface area contributed by atoms with Gasteiger partial charge in [0.2, 0.25) is 0 Å². The van der Waals surface area contributed by atoms with E-state index in [2.05, 4.69) is 6.92 Å². The van der Waals surface area contributed by atoms with Gasteiger partial charge in [-0.25, -0.2) is 0 Å². The van der Waals surface area contributed by atoms with Gasteiger partial charge >= 0.3 is 12.1 Å². The minimum Gasteiger partial charge on any atom is -0.490 e. The molecule has 2 aromatic rings. The number of alkyl halides is 3. The molecule has 1 saturated carbocycles. The maximum absolute atomic E-state index is 14.4. The lowest BCUT2D eigenvalue weighted by Gasteiger charge is -2.48. The van der Waals surface area contributed by atoms with E-state index in [1.165, 1.54) is 12.1 Å². The van der Waals surface area contributed by atoms with E-state index in [-0.39, 0.29) is 40.8 Å². The van der Waals surface area contributed by atoms with Gasteiger partial charge < -0.3 is 14.7 Å². The van der Waals surface area contributed by atoms with Gasteiger partial charge in [0.05, 0.1) is 12.0 Å². The van der Waals surface area contributed by atoms with Crippen molar-refractivity contribution >= 4 is 22.6 Å². The fourth-order valence-corrected chi connectivity index (χ4v) is 6.41. The molecule has 0 radical (unpaired) electrons. The van der Waals surface area contributed by atoms with Crippen molar-refractivity contribution in [2.24, 2.45) is 11.8 Å². The summed E-state index contributed by atoms with van der Waals surface area (Å²) in [7, 11) is 0. The molecule has 1 N–H and O–H groups in total. The van der Waals surface area contributed by atoms with E-state index < -0.39 is 23.6 Å². The van der Waals surface area contributed by atoms with Gasteiger partial charge in [-0.05, 0) is 92.7 Å². The van der Waals surface area contributed by atoms with Crippen LogP contribution in [-0.4, -0.2) is 40.1 Å². The number of halogens is 3. The van der Waals surface area contributed by atoms with Crippen LogP contribution in [0.5, 0.6) is 5.75 Å². The van der Waals surface area contributed by atoms with Gasteiger partial charge in [0, 0.05) is 17.6 Å². The van der Waals surface area contributed by atoms with Crippen molar-refractivity contribution in [3.8, 4) is 5.75 Å². The van der Waals surface area contributed by atoms with Crippen molar-refractivity contribution in [2.75, 3.05) is 0 Å². The lowest BCUT2D eigenvalue weighted by molar-refractivity contribution is -0.145. The van der Waals surface area contributed by atoms with Crippen LogP contribution in [0.2, 0.25) is 0 Å². The molecule has 1 aliphatic carbocycles. The van der Waals surface area contributed by atoms with Crippen LogP contribution in [0.4, 0.5) is 13.2 Å². The van der Waals surface area contributed by atoms with Crippen LogP contribution in [0.1, 0.15) is 80.6 Å². The Morgan fingerprint density at radius 1 is 0.972 bits per heavy atom. The zero-order valence-electron chi connectivity index (χ0n) is 20.4. The summed E-state index contributed by atoms with van der Waals surface area (Å²) in [5, 5.41) is 9.85. The number of amides is 1. The molecule has 0 aromatic heterocycles. The highest BCUT2D eigenvalue weighted by atomic mass is 19.4. The number of piperidine rings is 2. The number of hydrogen-bond acceptors (Lipinski definition) is 3. The smallest absolute Gasteiger partial charge is 0.420 e.